The zero-order valence-electron chi connectivity index (χ0n) is 35.3. The minimum absolute atomic E-state index is 1.09. The van der Waals surface area contributed by atoms with E-state index in [1.807, 2.05) is 11.3 Å². The number of hydrogen-bond acceptors (Lipinski definition) is 2. The van der Waals surface area contributed by atoms with Gasteiger partial charge in [0, 0.05) is 48.0 Å². The fourth-order valence-electron chi connectivity index (χ4n) is 9.48. The fourth-order valence-corrected chi connectivity index (χ4v) is 10.6. The Hall–Kier alpha value is -7.98. The van der Waals surface area contributed by atoms with Crippen LogP contribution in [-0.2, 0) is 0 Å². The third-order valence-corrected chi connectivity index (χ3v) is 13.8. The van der Waals surface area contributed by atoms with Gasteiger partial charge in [0.25, 0.3) is 0 Å². The molecule has 12 rings (SSSR count). The van der Waals surface area contributed by atoms with Crippen LogP contribution in [0, 0.1) is 6.92 Å². The Kier molecular flexibility index (Phi) is 9.28. The van der Waals surface area contributed by atoms with Gasteiger partial charge in [0.05, 0.1) is 16.7 Å². The largest absolute Gasteiger partial charge is 0.310 e. The zero-order valence-corrected chi connectivity index (χ0v) is 36.1. The van der Waals surface area contributed by atoms with Crippen LogP contribution in [0.1, 0.15) is 5.56 Å². The molecule has 2 nitrogen and oxygen atoms in total. The molecule has 0 fully saturated rings. The minimum atomic E-state index is 1.09. The fraction of sp³-hybridized carbons (Fsp3) is 0.0164. The Morgan fingerprint density at radius 2 is 0.828 bits per heavy atom. The Morgan fingerprint density at radius 3 is 1.39 bits per heavy atom. The van der Waals surface area contributed by atoms with Crippen molar-refractivity contribution in [2.45, 2.75) is 6.92 Å². The van der Waals surface area contributed by atoms with Gasteiger partial charge in [-0.05, 0) is 124 Å². The highest BCUT2D eigenvalue weighted by molar-refractivity contribution is 7.25. The molecule has 0 aliphatic rings. The molecule has 0 unspecified atom stereocenters. The number of hydrogen-bond donors (Lipinski definition) is 0. The van der Waals surface area contributed by atoms with Crippen molar-refractivity contribution in [3.63, 3.8) is 0 Å². The van der Waals surface area contributed by atoms with Crippen molar-refractivity contribution in [3.05, 3.63) is 242 Å². The molecule has 2 heterocycles. The van der Waals surface area contributed by atoms with E-state index in [1.54, 1.807) is 0 Å². The van der Waals surface area contributed by atoms with Gasteiger partial charge in [-0.1, -0.05) is 170 Å². The Morgan fingerprint density at radius 1 is 0.344 bits per heavy atom. The average molecular weight is 835 g/mol. The highest BCUT2D eigenvalue weighted by atomic mass is 32.1. The molecule has 0 aliphatic heterocycles. The summed E-state index contributed by atoms with van der Waals surface area (Å²) in [6, 6.07) is 86.5. The lowest BCUT2D eigenvalue weighted by Crippen LogP contribution is -2.10. The maximum Gasteiger partial charge on any atom is 0.0562 e. The summed E-state index contributed by atoms with van der Waals surface area (Å²) in [5.41, 5.74) is 17.7. The van der Waals surface area contributed by atoms with Gasteiger partial charge >= 0.3 is 0 Å². The monoisotopic (exact) mass is 834 g/mol. The lowest BCUT2D eigenvalue weighted by atomic mass is 9.99. The van der Waals surface area contributed by atoms with Crippen molar-refractivity contribution in [1.82, 2.24) is 4.57 Å². The van der Waals surface area contributed by atoms with E-state index in [1.165, 1.54) is 92.0 Å². The first-order chi connectivity index (χ1) is 31.6. The standard InChI is InChI=1S/C61H42N2S/c1-41-19-37-54-58(39-41)63(52-36-38-60-55(40-52)53-15-8-9-18-59(53)64-60)57-17-10-16-56(61(54)57)62(50-32-28-48(29-33-50)46-24-20-44(21-25-46)42-11-4-2-5-12-42)51-34-30-49(31-35-51)47-26-22-45(23-27-47)43-13-6-3-7-14-43/h2-40H,1H3. The maximum atomic E-state index is 2.47. The van der Waals surface area contributed by atoms with Gasteiger partial charge in [0.1, 0.15) is 0 Å². The molecule has 0 atom stereocenters. The van der Waals surface area contributed by atoms with Gasteiger partial charge < -0.3 is 9.47 Å². The summed E-state index contributed by atoms with van der Waals surface area (Å²) in [6.07, 6.45) is 0. The van der Waals surface area contributed by atoms with E-state index in [9.17, 15) is 0 Å². The van der Waals surface area contributed by atoms with Crippen LogP contribution in [0.4, 0.5) is 17.1 Å². The number of rotatable bonds is 8. The third kappa shape index (κ3) is 6.66. The Balaban J connectivity index is 0.998. The van der Waals surface area contributed by atoms with Crippen molar-refractivity contribution < 1.29 is 0 Å². The topological polar surface area (TPSA) is 8.17 Å². The van der Waals surface area contributed by atoms with Crippen LogP contribution >= 0.6 is 11.3 Å². The smallest absolute Gasteiger partial charge is 0.0562 e. The molecule has 0 N–H and O–H groups in total. The summed E-state index contributed by atoms with van der Waals surface area (Å²) in [5, 5.41) is 5.04. The van der Waals surface area contributed by atoms with E-state index in [0.29, 0.717) is 0 Å². The van der Waals surface area contributed by atoms with Crippen molar-refractivity contribution in [2.75, 3.05) is 4.90 Å². The van der Waals surface area contributed by atoms with E-state index in [2.05, 4.69) is 253 Å². The molecule has 0 saturated heterocycles. The molecule has 302 valence electrons. The van der Waals surface area contributed by atoms with Crippen LogP contribution < -0.4 is 4.90 Å². The first-order valence-corrected chi connectivity index (χ1v) is 22.7. The Bertz CT molecular complexity index is 3490. The highest BCUT2D eigenvalue weighted by Crippen LogP contribution is 2.45. The average Bonchev–Trinajstić information content (AvgIpc) is 3.90. The van der Waals surface area contributed by atoms with Crippen LogP contribution in [0.15, 0.2) is 237 Å². The zero-order chi connectivity index (χ0) is 42.6. The van der Waals surface area contributed by atoms with Gasteiger partial charge in [0.2, 0.25) is 0 Å². The Labute approximate surface area is 377 Å². The van der Waals surface area contributed by atoms with Crippen molar-refractivity contribution >= 4 is 70.4 Å². The summed E-state index contributed by atoms with van der Waals surface area (Å²) in [7, 11) is 0. The number of aromatic nitrogens is 1. The predicted octanol–water partition coefficient (Wildman–Crippen LogP) is 17.6. The molecule has 64 heavy (non-hydrogen) atoms. The summed E-state index contributed by atoms with van der Waals surface area (Å²) in [6.45, 7) is 2.19. The molecule has 3 heteroatoms. The molecule has 0 spiro atoms. The number of nitrogens with zero attached hydrogens (tertiary/aromatic N) is 2. The van der Waals surface area contributed by atoms with Crippen LogP contribution in [-0.4, -0.2) is 4.57 Å². The lowest BCUT2D eigenvalue weighted by molar-refractivity contribution is 1.18. The van der Waals surface area contributed by atoms with Crippen LogP contribution in [0.3, 0.4) is 0 Å². The first-order valence-electron chi connectivity index (χ1n) is 21.9. The van der Waals surface area contributed by atoms with Crippen LogP contribution in [0.25, 0.3) is 92.2 Å². The van der Waals surface area contributed by atoms with E-state index in [0.717, 1.165) is 22.7 Å². The van der Waals surface area contributed by atoms with Gasteiger partial charge in [-0.25, -0.2) is 0 Å². The second kappa shape index (κ2) is 15.7. The second-order valence-corrected chi connectivity index (χ2v) is 17.7. The van der Waals surface area contributed by atoms with Gasteiger partial charge in [-0.15, -0.1) is 11.3 Å². The normalized spacial score (nSPS) is 11.5. The molecule has 0 radical (unpaired) electrons. The summed E-state index contributed by atoms with van der Waals surface area (Å²) >= 11 is 1.86. The van der Waals surface area contributed by atoms with Crippen molar-refractivity contribution in [2.24, 2.45) is 0 Å². The first kappa shape index (κ1) is 37.8. The number of anilines is 3. The molecule has 12 aromatic rings. The quantitative estimate of drug-likeness (QED) is 0.148. The van der Waals surface area contributed by atoms with E-state index < -0.39 is 0 Å². The molecule has 2 aromatic heterocycles. The van der Waals surface area contributed by atoms with Gasteiger partial charge in [0.15, 0.2) is 0 Å². The summed E-state index contributed by atoms with van der Waals surface area (Å²) in [4.78, 5) is 2.44. The number of aryl methyl sites for hydroxylation is 1. The van der Waals surface area contributed by atoms with Crippen molar-refractivity contribution in [3.8, 4) is 50.2 Å². The van der Waals surface area contributed by atoms with Crippen molar-refractivity contribution in [1.29, 1.82) is 0 Å². The number of thiophene rings is 1. The van der Waals surface area contributed by atoms with E-state index in [4.69, 9.17) is 0 Å². The maximum absolute atomic E-state index is 2.47. The molecule has 0 aliphatic carbocycles. The molecule has 10 aromatic carbocycles. The lowest BCUT2D eigenvalue weighted by Gasteiger charge is -2.27. The van der Waals surface area contributed by atoms with Crippen LogP contribution in [0.5, 0.6) is 0 Å². The van der Waals surface area contributed by atoms with Crippen LogP contribution in [0.2, 0.25) is 0 Å². The number of fused-ring (bicyclic) bond motifs is 6. The molecule has 0 bridgehead atoms. The molecule has 0 saturated carbocycles. The highest BCUT2D eigenvalue weighted by Gasteiger charge is 2.22. The van der Waals surface area contributed by atoms with Gasteiger partial charge in [-0.2, -0.15) is 0 Å². The molecule has 0 amide bonds. The SMILES string of the molecule is Cc1ccc2c3c(N(c4ccc(-c5ccc(-c6ccccc6)cc5)cc4)c4ccc(-c5ccc(-c6ccccc6)cc5)cc4)cccc3n(-c3ccc4sc5ccccc5c4c3)c2c1. The summed E-state index contributed by atoms with van der Waals surface area (Å²) < 4.78 is 5.09. The minimum Gasteiger partial charge on any atom is -0.310 e. The third-order valence-electron chi connectivity index (χ3n) is 12.7. The van der Waals surface area contributed by atoms with E-state index >= 15 is 0 Å². The number of benzene rings is 10. The van der Waals surface area contributed by atoms with E-state index in [-0.39, 0.29) is 0 Å². The summed E-state index contributed by atoms with van der Waals surface area (Å²) in [5.74, 6) is 0. The molecular formula is C61H42N2S. The molecular weight excluding hydrogens is 793 g/mol. The second-order valence-electron chi connectivity index (χ2n) is 16.6. The van der Waals surface area contributed by atoms with Gasteiger partial charge in [-0.3, -0.25) is 0 Å². The predicted molar refractivity (Wildman–Crippen MR) is 275 cm³/mol.